The lowest BCUT2D eigenvalue weighted by atomic mass is 9.92. The van der Waals surface area contributed by atoms with Crippen LogP contribution in [0.5, 0.6) is 5.75 Å². The zero-order valence-electron chi connectivity index (χ0n) is 13.0. The maximum Gasteiger partial charge on any atom is 0.142 e. The minimum Gasteiger partial charge on any atom is -0.492 e. The number of hydrogen-bond acceptors (Lipinski definition) is 3. The number of halogens is 2. The monoisotopic (exact) mass is 328 g/mol. The van der Waals surface area contributed by atoms with Crippen LogP contribution in [-0.2, 0) is 6.54 Å². The van der Waals surface area contributed by atoms with Gasteiger partial charge in [-0.05, 0) is 32.4 Å². The van der Waals surface area contributed by atoms with Crippen LogP contribution in [-0.4, -0.2) is 12.6 Å². The lowest BCUT2D eigenvalue weighted by molar-refractivity contribution is 0.262. The molecule has 0 amide bonds. The molecule has 0 saturated heterocycles. The smallest absolute Gasteiger partial charge is 0.142 e. The van der Waals surface area contributed by atoms with Gasteiger partial charge in [-0.25, -0.2) is 0 Å². The second-order valence-corrected chi connectivity index (χ2v) is 6.85. The average molecular weight is 329 g/mol. The third-order valence-corrected chi connectivity index (χ3v) is 3.56. The second-order valence-electron chi connectivity index (χ2n) is 6.01. The standard InChI is InChI=1S/C16H22Cl2N2O/c1-11(2)20-9-12-7-13(17)8-14(18)15(12)21-6-5-16(3,4)10-19/h7-8,11,20H,5-6,9H2,1-4H3. The van der Waals surface area contributed by atoms with Crippen LogP contribution in [0.3, 0.4) is 0 Å². The summed E-state index contributed by atoms with van der Waals surface area (Å²) in [5.74, 6) is 0.642. The first-order valence-corrected chi connectivity index (χ1v) is 7.76. The third-order valence-electron chi connectivity index (χ3n) is 3.06. The van der Waals surface area contributed by atoms with Gasteiger partial charge in [0.05, 0.1) is 23.1 Å². The van der Waals surface area contributed by atoms with E-state index in [1.807, 2.05) is 19.9 Å². The van der Waals surface area contributed by atoms with Gasteiger partial charge >= 0.3 is 0 Å². The minimum absolute atomic E-state index is 0.355. The normalized spacial score (nSPS) is 11.5. The zero-order chi connectivity index (χ0) is 16.0. The molecule has 0 heterocycles. The quantitative estimate of drug-likeness (QED) is 0.781. The summed E-state index contributed by atoms with van der Waals surface area (Å²) < 4.78 is 5.81. The molecule has 0 saturated carbocycles. The molecule has 0 atom stereocenters. The van der Waals surface area contributed by atoms with Gasteiger partial charge in [0.15, 0.2) is 0 Å². The Morgan fingerprint density at radius 1 is 1.33 bits per heavy atom. The highest BCUT2D eigenvalue weighted by atomic mass is 35.5. The SMILES string of the molecule is CC(C)NCc1cc(Cl)cc(Cl)c1OCCC(C)(C)C#N. The minimum atomic E-state index is -0.407. The van der Waals surface area contributed by atoms with Crippen molar-refractivity contribution in [3.63, 3.8) is 0 Å². The van der Waals surface area contributed by atoms with Crippen molar-refractivity contribution in [2.24, 2.45) is 5.41 Å². The van der Waals surface area contributed by atoms with Gasteiger partial charge in [0.1, 0.15) is 5.75 Å². The second kappa shape index (κ2) is 7.89. The largest absolute Gasteiger partial charge is 0.492 e. The van der Waals surface area contributed by atoms with Crippen molar-refractivity contribution in [2.45, 2.75) is 46.7 Å². The molecule has 21 heavy (non-hydrogen) atoms. The predicted molar refractivity (Wildman–Crippen MR) is 87.9 cm³/mol. The first-order valence-electron chi connectivity index (χ1n) is 7.00. The molecule has 0 aliphatic carbocycles. The van der Waals surface area contributed by atoms with E-state index >= 15 is 0 Å². The van der Waals surface area contributed by atoms with Crippen molar-refractivity contribution in [3.8, 4) is 11.8 Å². The molecule has 0 aliphatic heterocycles. The van der Waals surface area contributed by atoms with Gasteiger partial charge in [0.25, 0.3) is 0 Å². The first-order chi connectivity index (χ1) is 9.75. The Hall–Kier alpha value is -0.950. The van der Waals surface area contributed by atoms with Crippen molar-refractivity contribution < 1.29 is 4.74 Å². The Morgan fingerprint density at radius 3 is 2.57 bits per heavy atom. The Morgan fingerprint density at radius 2 is 2.00 bits per heavy atom. The fourth-order valence-corrected chi connectivity index (χ4v) is 2.27. The summed E-state index contributed by atoms with van der Waals surface area (Å²) >= 11 is 12.3. The van der Waals surface area contributed by atoms with E-state index in [1.54, 1.807) is 6.07 Å². The number of hydrogen-bond donors (Lipinski definition) is 1. The first kappa shape index (κ1) is 18.1. The maximum absolute atomic E-state index is 9.02. The average Bonchev–Trinajstić information content (AvgIpc) is 2.38. The molecule has 1 aromatic rings. The lowest BCUT2D eigenvalue weighted by Crippen LogP contribution is -2.22. The number of rotatable bonds is 7. The maximum atomic E-state index is 9.02. The molecule has 0 aromatic heterocycles. The molecule has 1 aromatic carbocycles. The molecule has 0 bridgehead atoms. The molecule has 0 radical (unpaired) electrons. The lowest BCUT2D eigenvalue weighted by Gasteiger charge is -2.18. The molecule has 5 heteroatoms. The van der Waals surface area contributed by atoms with Crippen molar-refractivity contribution in [3.05, 3.63) is 27.7 Å². The topological polar surface area (TPSA) is 45.0 Å². The van der Waals surface area contributed by atoms with Crippen molar-refractivity contribution >= 4 is 23.2 Å². The molecular formula is C16H22Cl2N2O. The highest BCUT2D eigenvalue weighted by molar-refractivity contribution is 6.35. The van der Waals surface area contributed by atoms with Crippen molar-refractivity contribution in [2.75, 3.05) is 6.61 Å². The van der Waals surface area contributed by atoms with Gasteiger partial charge in [0.2, 0.25) is 0 Å². The van der Waals surface area contributed by atoms with Crippen LogP contribution < -0.4 is 10.1 Å². The van der Waals surface area contributed by atoms with Gasteiger partial charge in [-0.1, -0.05) is 37.0 Å². The summed E-state index contributed by atoms with van der Waals surface area (Å²) in [6, 6.07) is 6.14. The van der Waals surface area contributed by atoms with Crippen molar-refractivity contribution in [1.82, 2.24) is 5.32 Å². The number of nitrogens with one attached hydrogen (secondary N) is 1. The van der Waals surface area contributed by atoms with E-state index in [-0.39, 0.29) is 0 Å². The summed E-state index contributed by atoms with van der Waals surface area (Å²) in [5.41, 5.74) is 0.519. The van der Waals surface area contributed by atoms with E-state index in [0.717, 1.165) is 5.56 Å². The summed E-state index contributed by atoms with van der Waals surface area (Å²) in [5, 5.41) is 13.4. The van der Waals surface area contributed by atoms with E-state index in [2.05, 4.69) is 25.2 Å². The van der Waals surface area contributed by atoms with Crippen LogP contribution in [0, 0.1) is 16.7 Å². The van der Waals surface area contributed by atoms with Crippen LogP contribution in [0.15, 0.2) is 12.1 Å². The molecule has 1 rings (SSSR count). The van der Waals surface area contributed by atoms with Gasteiger partial charge < -0.3 is 10.1 Å². The van der Waals surface area contributed by atoms with Gasteiger partial charge in [0, 0.05) is 23.2 Å². The van der Waals surface area contributed by atoms with Crippen LogP contribution >= 0.6 is 23.2 Å². The number of ether oxygens (including phenoxy) is 1. The number of nitriles is 1. The Balaban J connectivity index is 2.82. The summed E-state index contributed by atoms with van der Waals surface area (Å²) in [6.07, 6.45) is 0.638. The Labute approximate surface area is 137 Å². The zero-order valence-corrected chi connectivity index (χ0v) is 14.5. The molecular weight excluding hydrogens is 307 g/mol. The fourth-order valence-electron chi connectivity index (χ4n) is 1.68. The highest BCUT2D eigenvalue weighted by Gasteiger charge is 2.18. The van der Waals surface area contributed by atoms with Crippen molar-refractivity contribution in [1.29, 1.82) is 5.26 Å². The summed E-state index contributed by atoms with van der Waals surface area (Å²) in [4.78, 5) is 0. The number of nitrogens with zero attached hydrogens (tertiary/aromatic N) is 1. The van der Waals surface area contributed by atoms with Crippen LogP contribution in [0.4, 0.5) is 0 Å². The summed E-state index contributed by atoms with van der Waals surface area (Å²) in [7, 11) is 0. The van der Waals surface area contributed by atoms with Crippen LogP contribution in [0.25, 0.3) is 0 Å². The highest BCUT2D eigenvalue weighted by Crippen LogP contribution is 2.33. The Kier molecular flexibility index (Phi) is 6.80. The van der Waals surface area contributed by atoms with Crippen LogP contribution in [0.2, 0.25) is 10.0 Å². The predicted octanol–water partition coefficient (Wildman–Crippen LogP) is 4.81. The molecule has 0 aliphatic rings. The van der Waals surface area contributed by atoms with E-state index in [1.165, 1.54) is 0 Å². The fraction of sp³-hybridized carbons (Fsp3) is 0.562. The van der Waals surface area contributed by atoms with Gasteiger partial charge in [-0.15, -0.1) is 0 Å². The van der Waals surface area contributed by atoms with E-state index in [0.29, 0.717) is 41.4 Å². The summed E-state index contributed by atoms with van der Waals surface area (Å²) in [6.45, 7) is 9.00. The molecule has 0 fully saturated rings. The van der Waals surface area contributed by atoms with E-state index < -0.39 is 5.41 Å². The van der Waals surface area contributed by atoms with Gasteiger partial charge in [-0.3, -0.25) is 0 Å². The molecule has 1 N–H and O–H groups in total. The molecule has 0 unspecified atom stereocenters. The third kappa shape index (κ3) is 6.13. The Bertz CT molecular complexity index is 522. The van der Waals surface area contributed by atoms with Crippen LogP contribution in [0.1, 0.15) is 39.7 Å². The van der Waals surface area contributed by atoms with E-state index in [9.17, 15) is 0 Å². The molecule has 116 valence electrons. The number of benzene rings is 1. The molecule has 3 nitrogen and oxygen atoms in total. The van der Waals surface area contributed by atoms with Gasteiger partial charge in [-0.2, -0.15) is 5.26 Å². The molecule has 0 spiro atoms. The van der Waals surface area contributed by atoms with E-state index in [4.69, 9.17) is 33.2 Å².